The van der Waals surface area contributed by atoms with Crippen molar-refractivity contribution < 1.29 is 18.3 Å². The fourth-order valence-corrected chi connectivity index (χ4v) is 3.91. The van der Waals surface area contributed by atoms with Gasteiger partial charge in [0.1, 0.15) is 5.75 Å². The number of hydrogen-bond donors (Lipinski definition) is 1. The lowest BCUT2D eigenvalue weighted by atomic mass is 10.1. The normalized spacial score (nSPS) is 20.6. The van der Waals surface area contributed by atoms with Gasteiger partial charge in [-0.3, -0.25) is 0 Å². The van der Waals surface area contributed by atoms with E-state index in [1.165, 1.54) is 17.5 Å². The van der Waals surface area contributed by atoms with Crippen LogP contribution in [0.1, 0.15) is 12.8 Å². The summed E-state index contributed by atoms with van der Waals surface area (Å²) in [7, 11) is -1.94. The van der Waals surface area contributed by atoms with Crippen molar-refractivity contribution in [1.29, 1.82) is 0 Å². The molecular formula is C13H19NO4S. The van der Waals surface area contributed by atoms with Gasteiger partial charge in [-0.15, -0.1) is 0 Å². The zero-order chi connectivity index (χ0) is 13.9. The van der Waals surface area contributed by atoms with E-state index in [1.807, 2.05) is 0 Å². The molecule has 0 radical (unpaired) electrons. The molecule has 1 fully saturated rings. The third kappa shape index (κ3) is 3.08. The van der Waals surface area contributed by atoms with Crippen molar-refractivity contribution in [1.82, 2.24) is 4.31 Å². The Morgan fingerprint density at radius 1 is 1.47 bits per heavy atom. The molecule has 0 spiro atoms. The Morgan fingerprint density at radius 3 is 2.95 bits per heavy atom. The Morgan fingerprint density at radius 2 is 2.26 bits per heavy atom. The lowest BCUT2D eigenvalue weighted by molar-refractivity contribution is 0.259. The number of ether oxygens (including phenoxy) is 1. The minimum Gasteiger partial charge on any atom is -0.497 e. The van der Waals surface area contributed by atoms with Crippen LogP contribution < -0.4 is 4.74 Å². The average molecular weight is 285 g/mol. The van der Waals surface area contributed by atoms with E-state index in [4.69, 9.17) is 9.84 Å². The maximum absolute atomic E-state index is 12.5. The molecule has 106 valence electrons. The summed E-state index contributed by atoms with van der Waals surface area (Å²) in [5.41, 5.74) is 0. The second kappa shape index (κ2) is 5.90. The summed E-state index contributed by atoms with van der Waals surface area (Å²) in [6, 6.07) is 6.51. The molecule has 1 atom stereocenters. The highest BCUT2D eigenvalue weighted by Crippen LogP contribution is 2.27. The Kier molecular flexibility index (Phi) is 4.44. The number of aliphatic hydroxyl groups is 1. The van der Waals surface area contributed by atoms with E-state index >= 15 is 0 Å². The molecular weight excluding hydrogens is 266 g/mol. The average Bonchev–Trinajstić information content (AvgIpc) is 2.88. The molecule has 1 unspecified atom stereocenters. The quantitative estimate of drug-likeness (QED) is 0.879. The highest BCUT2D eigenvalue weighted by atomic mass is 32.2. The van der Waals surface area contributed by atoms with Crippen molar-refractivity contribution in [3.05, 3.63) is 24.3 Å². The Labute approximate surface area is 113 Å². The number of nitrogens with zero attached hydrogens (tertiary/aromatic N) is 1. The van der Waals surface area contributed by atoms with Gasteiger partial charge in [0.2, 0.25) is 10.0 Å². The van der Waals surface area contributed by atoms with Crippen LogP contribution in [0.5, 0.6) is 5.75 Å². The van der Waals surface area contributed by atoms with E-state index in [-0.39, 0.29) is 17.4 Å². The molecule has 1 aromatic carbocycles. The van der Waals surface area contributed by atoms with Gasteiger partial charge in [0.25, 0.3) is 0 Å². The van der Waals surface area contributed by atoms with Gasteiger partial charge >= 0.3 is 0 Å². The smallest absolute Gasteiger partial charge is 0.243 e. The summed E-state index contributed by atoms with van der Waals surface area (Å²) in [4.78, 5) is 0.261. The molecule has 0 amide bonds. The molecule has 1 N–H and O–H groups in total. The monoisotopic (exact) mass is 285 g/mol. The standard InChI is InChI=1S/C13H19NO4S/c1-18-12-3-2-4-13(9-12)19(16,17)14-7-5-11(10-14)6-8-15/h2-4,9,11,15H,5-8,10H2,1H3. The van der Waals surface area contributed by atoms with E-state index in [9.17, 15) is 8.42 Å². The molecule has 1 saturated heterocycles. The van der Waals surface area contributed by atoms with E-state index in [1.54, 1.807) is 18.2 Å². The number of aliphatic hydroxyl groups excluding tert-OH is 1. The Bertz CT molecular complexity index is 529. The van der Waals surface area contributed by atoms with Gasteiger partial charge in [-0.05, 0) is 30.9 Å². The van der Waals surface area contributed by atoms with E-state index < -0.39 is 10.0 Å². The zero-order valence-corrected chi connectivity index (χ0v) is 11.8. The predicted molar refractivity (Wildman–Crippen MR) is 71.6 cm³/mol. The number of sulfonamides is 1. The molecule has 0 aromatic heterocycles. The van der Waals surface area contributed by atoms with Crippen LogP contribution in [0.25, 0.3) is 0 Å². The first-order valence-electron chi connectivity index (χ1n) is 6.33. The van der Waals surface area contributed by atoms with Gasteiger partial charge in [-0.1, -0.05) is 6.07 Å². The van der Waals surface area contributed by atoms with Crippen molar-refractivity contribution in [3.63, 3.8) is 0 Å². The molecule has 1 aliphatic heterocycles. The SMILES string of the molecule is COc1cccc(S(=O)(=O)N2CCC(CCO)C2)c1. The molecule has 0 aliphatic carbocycles. The highest BCUT2D eigenvalue weighted by molar-refractivity contribution is 7.89. The molecule has 6 heteroatoms. The maximum atomic E-state index is 12.5. The minimum absolute atomic E-state index is 0.109. The molecule has 0 bridgehead atoms. The van der Waals surface area contributed by atoms with Crippen LogP contribution in [0, 0.1) is 5.92 Å². The first-order valence-corrected chi connectivity index (χ1v) is 7.77. The van der Waals surface area contributed by atoms with Crippen molar-refractivity contribution in [2.24, 2.45) is 5.92 Å². The topological polar surface area (TPSA) is 66.8 Å². The zero-order valence-electron chi connectivity index (χ0n) is 10.9. The van der Waals surface area contributed by atoms with Gasteiger partial charge in [-0.25, -0.2) is 8.42 Å². The largest absolute Gasteiger partial charge is 0.497 e. The molecule has 0 saturated carbocycles. The Hall–Kier alpha value is -1.11. The fourth-order valence-electron chi connectivity index (χ4n) is 2.34. The molecule has 19 heavy (non-hydrogen) atoms. The third-order valence-electron chi connectivity index (χ3n) is 3.46. The molecule has 1 heterocycles. The third-order valence-corrected chi connectivity index (χ3v) is 5.33. The van der Waals surface area contributed by atoms with Crippen molar-refractivity contribution in [3.8, 4) is 5.75 Å². The molecule has 5 nitrogen and oxygen atoms in total. The summed E-state index contributed by atoms with van der Waals surface area (Å²) in [5, 5.41) is 8.92. The first-order chi connectivity index (χ1) is 9.07. The second-order valence-electron chi connectivity index (χ2n) is 4.71. The van der Waals surface area contributed by atoms with Crippen molar-refractivity contribution in [2.45, 2.75) is 17.7 Å². The summed E-state index contributed by atoms with van der Waals surface area (Å²) in [6.07, 6.45) is 1.47. The van der Waals surface area contributed by atoms with Gasteiger partial charge in [0.05, 0.1) is 12.0 Å². The second-order valence-corrected chi connectivity index (χ2v) is 6.65. The van der Waals surface area contributed by atoms with Crippen molar-refractivity contribution >= 4 is 10.0 Å². The number of benzene rings is 1. The van der Waals surface area contributed by atoms with Crippen LogP contribution >= 0.6 is 0 Å². The highest BCUT2D eigenvalue weighted by Gasteiger charge is 2.32. The Balaban J connectivity index is 2.18. The number of methoxy groups -OCH3 is 1. The van der Waals surface area contributed by atoms with Gasteiger partial charge < -0.3 is 9.84 Å². The lowest BCUT2D eigenvalue weighted by Crippen LogP contribution is -2.29. The fraction of sp³-hybridized carbons (Fsp3) is 0.538. The minimum atomic E-state index is -3.45. The van der Waals surface area contributed by atoms with Crippen molar-refractivity contribution in [2.75, 3.05) is 26.8 Å². The number of rotatable bonds is 5. The summed E-state index contributed by atoms with van der Waals surface area (Å²) in [5.74, 6) is 0.789. The van der Waals surface area contributed by atoms with E-state index in [0.717, 1.165) is 6.42 Å². The first kappa shape index (κ1) is 14.3. The summed E-state index contributed by atoms with van der Waals surface area (Å²) >= 11 is 0. The van der Waals surface area contributed by atoms with Crippen LogP contribution in [0.3, 0.4) is 0 Å². The predicted octanol–water partition coefficient (Wildman–Crippen LogP) is 1.09. The van der Waals surface area contributed by atoms with Crippen LogP contribution in [-0.2, 0) is 10.0 Å². The molecule has 1 aromatic rings. The van der Waals surface area contributed by atoms with E-state index in [0.29, 0.717) is 25.3 Å². The molecule has 1 aliphatic rings. The van der Waals surface area contributed by atoms with Gasteiger partial charge in [0, 0.05) is 25.8 Å². The van der Waals surface area contributed by atoms with E-state index in [2.05, 4.69) is 0 Å². The van der Waals surface area contributed by atoms with Crippen LogP contribution in [-0.4, -0.2) is 44.6 Å². The van der Waals surface area contributed by atoms with Crippen LogP contribution in [0.4, 0.5) is 0 Å². The summed E-state index contributed by atoms with van der Waals surface area (Å²) in [6.45, 7) is 1.11. The van der Waals surface area contributed by atoms with Crippen LogP contribution in [0.2, 0.25) is 0 Å². The lowest BCUT2D eigenvalue weighted by Gasteiger charge is -2.17. The molecule has 2 rings (SSSR count). The van der Waals surface area contributed by atoms with Gasteiger partial charge in [0.15, 0.2) is 0 Å². The number of hydrogen-bond acceptors (Lipinski definition) is 4. The van der Waals surface area contributed by atoms with Gasteiger partial charge in [-0.2, -0.15) is 4.31 Å². The maximum Gasteiger partial charge on any atom is 0.243 e. The van der Waals surface area contributed by atoms with Crippen LogP contribution in [0.15, 0.2) is 29.2 Å². The summed E-state index contributed by atoms with van der Waals surface area (Å²) < 4.78 is 31.5.